The highest BCUT2D eigenvalue weighted by atomic mass is 16.5. The molecule has 90 valence electrons. The zero-order valence-electron chi connectivity index (χ0n) is 9.45. The molecule has 2 heterocycles. The third-order valence-electron chi connectivity index (χ3n) is 2.22. The Morgan fingerprint density at radius 3 is 2.76 bits per heavy atom. The van der Waals surface area contributed by atoms with E-state index in [0.717, 1.165) is 0 Å². The SMILES string of the molecule is COc1cnc(C(O)c2ccco2)c(OC)n1. The molecule has 0 amide bonds. The van der Waals surface area contributed by atoms with E-state index in [0.29, 0.717) is 11.6 Å². The highest BCUT2D eigenvalue weighted by Gasteiger charge is 2.21. The van der Waals surface area contributed by atoms with Crippen molar-refractivity contribution in [1.29, 1.82) is 0 Å². The molecule has 0 radical (unpaired) electrons. The monoisotopic (exact) mass is 236 g/mol. The van der Waals surface area contributed by atoms with E-state index in [-0.39, 0.29) is 11.6 Å². The largest absolute Gasteiger partial charge is 0.480 e. The lowest BCUT2D eigenvalue weighted by molar-refractivity contribution is 0.178. The van der Waals surface area contributed by atoms with Gasteiger partial charge in [-0.3, -0.25) is 0 Å². The molecule has 0 aliphatic heterocycles. The van der Waals surface area contributed by atoms with Crippen LogP contribution in [-0.2, 0) is 0 Å². The zero-order chi connectivity index (χ0) is 12.3. The fourth-order valence-electron chi connectivity index (χ4n) is 1.38. The van der Waals surface area contributed by atoms with E-state index < -0.39 is 6.10 Å². The standard InChI is InChI=1S/C11H12N2O4/c1-15-8-6-12-9(11(13-8)16-2)10(14)7-4-3-5-17-7/h3-6,10,14H,1-2H3. The van der Waals surface area contributed by atoms with Crippen LogP contribution >= 0.6 is 0 Å². The Morgan fingerprint density at radius 1 is 1.35 bits per heavy atom. The fraction of sp³-hybridized carbons (Fsp3) is 0.273. The average molecular weight is 236 g/mol. The van der Waals surface area contributed by atoms with Crippen LogP contribution in [0.2, 0.25) is 0 Å². The Balaban J connectivity index is 2.38. The number of aliphatic hydroxyl groups excluding tert-OH is 1. The van der Waals surface area contributed by atoms with Gasteiger partial charge in [0.25, 0.3) is 0 Å². The number of rotatable bonds is 4. The molecule has 17 heavy (non-hydrogen) atoms. The minimum atomic E-state index is -1.02. The molecule has 0 fully saturated rings. The van der Waals surface area contributed by atoms with Crippen LogP contribution in [0.4, 0.5) is 0 Å². The second kappa shape index (κ2) is 4.84. The smallest absolute Gasteiger partial charge is 0.241 e. The third-order valence-corrected chi connectivity index (χ3v) is 2.22. The van der Waals surface area contributed by atoms with Crippen LogP contribution in [0.3, 0.4) is 0 Å². The number of hydrogen-bond donors (Lipinski definition) is 1. The van der Waals surface area contributed by atoms with E-state index >= 15 is 0 Å². The van der Waals surface area contributed by atoms with Gasteiger partial charge in [-0.2, -0.15) is 4.98 Å². The number of aromatic nitrogens is 2. The van der Waals surface area contributed by atoms with Crippen LogP contribution < -0.4 is 9.47 Å². The van der Waals surface area contributed by atoms with E-state index in [1.807, 2.05) is 0 Å². The normalized spacial score (nSPS) is 12.2. The summed E-state index contributed by atoms with van der Waals surface area (Å²) in [5.41, 5.74) is 0.281. The summed E-state index contributed by atoms with van der Waals surface area (Å²) in [5, 5.41) is 10.0. The number of ether oxygens (including phenoxy) is 2. The van der Waals surface area contributed by atoms with Crippen molar-refractivity contribution in [2.45, 2.75) is 6.10 Å². The summed E-state index contributed by atoms with van der Waals surface area (Å²) in [4.78, 5) is 8.09. The van der Waals surface area contributed by atoms with Gasteiger partial charge in [-0.15, -0.1) is 0 Å². The van der Waals surface area contributed by atoms with E-state index in [4.69, 9.17) is 13.9 Å². The molecule has 1 atom stereocenters. The van der Waals surface area contributed by atoms with Crippen molar-refractivity contribution in [3.8, 4) is 11.8 Å². The molecule has 2 rings (SSSR count). The molecule has 6 heteroatoms. The zero-order valence-corrected chi connectivity index (χ0v) is 9.45. The summed E-state index contributed by atoms with van der Waals surface area (Å²) < 4.78 is 15.1. The fourth-order valence-corrected chi connectivity index (χ4v) is 1.38. The topological polar surface area (TPSA) is 77.6 Å². The van der Waals surface area contributed by atoms with E-state index in [9.17, 15) is 5.11 Å². The molecule has 6 nitrogen and oxygen atoms in total. The highest BCUT2D eigenvalue weighted by Crippen LogP contribution is 2.28. The molecule has 2 aromatic rings. The number of methoxy groups -OCH3 is 2. The first-order chi connectivity index (χ1) is 8.26. The molecule has 0 saturated carbocycles. The van der Waals surface area contributed by atoms with Gasteiger partial charge in [0.2, 0.25) is 11.8 Å². The molecule has 0 aromatic carbocycles. The molecule has 1 N–H and O–H groups in total. The lowest BCUT2D eigenvalue weighted by atomic mass is 10.2. The van der Waals surface area contributed by atoms with Crippen LogP contribution in [0.1, 0.15) is 17.6 Å². The minimum Gasteiger partial charge on any atom is -0.480 e. The molecule has 0 aliphatic carbocycles. The Labute approximate surface area is 97.8 Å². The average Bonchev–Trinajstić information content (AvgIpc) is 2.91. The molecule has 0 bridgehead atoms. The summed E-state index contributed by atoms with van der Waals surface area (Å²) in [5.74, 6) is 0.897. The number of nitrogens with zero attached hydrogens (tertiary/aromatic N) is 2. The van der Waals surface area contributed by atoms with Crippen molar-refractivity contribution in [1.82, 2.24) is 9.97 Å². The minimum absolute atomic E-state index is 0.202. The van der Waals surface area contributed by atoms with Gasteiger partial charge in [0.1, 0.15) is 11.5 Å². The van der Waals surface area contributed by atoms with Crippen molar-refractivity contribution in [2.75, 3.05) is 14.2 Å². The second-order valence-electron chi connectivity index (χ2n) is 3.22. The first-order valence-electron chi connectivity index (χ1n) is 4.92. The van der Waals surface area contributed by atoms with E-state index in [2.05, 4.69) is 9.97 Å². The van der Waals surface area contributed by atoms with Gasteiger partial charge < -0.3 is 19.0 Å². The van der Waals surface area contributed by atoms with Gasteiger partial charge >= 0.3 is 0 Å². The van der Waals surface area contributed by atoms with Gasteiger partial charge in [0, 0.05) is 0 Å². The quantitative estimate of drug-likeness (QED) is 0.858. The van der Waals surface area contributed by atoms with E-state index in [1.165, 1.54) is 26.7 Å². The molecule has 2 aromatic heterocycles. The summed E-state index contributed by atoms with van der Waals surface area (Å²) >= 11 is 0. The van der Waals surface area contributed by atoms with Crippen LogP contribution in [0.15, 0.2) is 29.0 Å². The van der Waals surface area contributed by atoms with Crippen LogP contribution in [-0.4, -0.2) is 29.3 Å². The Bertz CT molecular complexity index is 484. The highest BCUT2D eigenvalue weighted by molar-refractivity contribution is 5.28. The molecule has 0 spiro atoms. The maximum Gasteiger partial charge on any atom is 0.241 e. The first kappa shape index (κ1) is 11.4. The Morgan fingerprint density at radius 2 is 2.18 bits per heavy atom. The molecule has 0 aliphatic rings. The van der Waals surface area contributed by atoms with Crippen molar-refractivity contribution in [2.24, 2.45) is 0 Å². The molecular weight excluding hydrogens is 224 g/mol. The van der Waals surface area contributed by atoms with Gasteiger partial charge in [-0.05, 0) is 12.1 Å². The number of aliphatic hydroxyl groups is 1. The third kappa shape index (κ3) is 2.21. The maximum absolute atomic E-state index is 10.0. The summed E-state index contributed by atoms with van der Waals surface area (Å²) in [7, 11) is 2.92. The molecule has 1 unspecified atom stereocenters. The van der Waals surface area contributed by atoms with Gasteiger partial charge in [-0.1, -0.05) is 0 Å². The lowest BCUT2D eigenvalue weighted by Crippen LogP contribution is -2.06. The van der Waals surface area contributed by atoms with Gasteiger partial charge in [0.15, 0.2) is 6.10 Å². The predicted octanol–water partition coefficient (Wildman–Crippen LogP) is 1.17. The Hall–Kier alpha value is -2.08. The number of furan rings is 1. The van der Waals surface area contributed by atoms with Gasteiger partial charge in [-0.25, -0.2) is 4.98 Å². The summed E-state index contributed by atoms with van der Waals surface area (Å²) in [6.07, 6.45) is 1.87. The molecule has 0 saturated heterocycles. The Kier molecular flexibility index (Phi) is 3.24. The van der Waals surface area contributed by atoms with Crippen LogP contribution in [0, 0.1) is 0 Å². The van der Waals surface area contributed by atoms with Crippen molar-refractivity contribution < 1.29 is 19.0 Å². The summed E-state index contributed by atoms with van der Waals surface area (Å²) in [6, 6.07) is 3.33. The van der Waals surface area contributed by atoms with E-state index in [1.54, 1.807) is 12.1 Å². The van der Waals surface area contributed by atoms with Crippen molar-refractivity contribution >= 4 is 0 Å². The predicted molar refractivity (Wildman–Crippen MR) is 57.9 cm³/mol. The lowest BCUT2D eigenvalue weighted by Gasteiger charge is -2.11. The van der Waals surface area contributed by atoms with Crippen LogP contribution in [0.5, 0.6) is 11.8 Å². The van der Waals surface area contributed by atoms with Crippen molar-refractivity contribution in [3.05, 3.63) is 36.0 Å². The number of hydrogen-bond acceptors (Lipinski definition) is 6. The first-order valence-corrected chi connectivity index (χ1v) is 4.92. The van der Waals surface area contributed by atoms with Crippen molar-refractivity contribution in [3.63, 3.8) is 0 Å². The summed E-state index contributed by atoms with van der Waals surface area (Å²) in [6.45, 7) is 0. The van der Waals surface area contributed by atoms with Gasteiger partial charge in [0.05, 0.1) is 26.7 Å². The molecular formula is C11H12N2O4. The maximum atomic E-state index is 10.0. The van der Waals surface area contributed by atoms with Crippen LogP contribution in [0.25, 0.3) is 0 Å². The second-order valence-corrected chi connectivity index (χ2v) is 3.22.